The van der Waals surface area contributed by atoms with Crippen molar-refractivity contribution in [2.45, 2.75) is 44.4 Å². The third-order valence-electron chi connectivity index (χ3n) is 5.51. The molecule has 3 aliphatic heterocycles. The zero-order valence-corrected chi connectivity index (χ0v) is 15.5. The SMILES string of the molecule is CC(O)c1ccc(-c2nccs2)c2oc(N3CC4CCCC3CN4)nc12. The highest BCUT2D eigenvalue weighted by molar-refractivity contribution is 7.13. The van der Waals surface area contributed by atoms with E-state index in [-0.39, 0.29) is 0 Å². The predicted molar refractivity (Wildman–Crippen MR) is 103 cm³/mol. The molecule has 26 heavy (non-hydrogen) atoms. The van der Waals surface area contributed by atoms with Crippen LogP contribution in [0.25, 0.3) is 21.7 Å². The second kappa shape index (κ2) is 6.33. The summed E-state index contributed by atoms with van der Waals surface area (Å²) in [6.07, 6.45) is 4.80. The van der Waals surface area contributed by atoms with Crippen LogP contribution in [-0.2, 0) is 0 Å². The third kappa shape index (κ3) is 2.62. The number of thiazole rings is 1. The summed E-state index contributed by atoms with van der Waals surface area (Å²) in [7, 11) is 0. The molecule has 5 heterocycles. The first-order chi connectivity index (χ1) is 12.7. The van der Waals surface area contributed by atoms with Crippen LogP contribution in [0.5, 0.6) is 0 Å². The molecule has 6 rings (SSSR count). The van der Waals surface area contributed by atoms with Crippen molar-refractivity contribution in [1.29, 1.82) is 0 Å². The van der Waals surface area contributed by atoms with Gasteiger partial charge in [-0.3, -0.25) is 0 Å². The molecule has 3 aliphatic rings. The Morgan fingerprint density at radius 1 is 1.38 bits per heavy atom. The smallest absolute Gasteiger partial charge is 0.298 e. The van der Waals surface area contributed by atoms with Gasteiger partial charge in [0.05, 0.1) is 11.7 Å². The molecular weight excluding hydrogens is 348 g/mol. The van der Waals surface area contributed by atoms with E-state index < -0.39 is 6.10 Å². The quantitative estimate of drug-likeness (QED) is 0.737. The predicted octanol–water partition coefficient (Wildman–Crippen LogP) is 3.34. The fourth-order valence-corrected chi connectivity index (χ4v) is 4.81. The number of aliphatic hydroxyl groups is 1. The van der Waals surface area contributed by atoms with E-state index in [9.17, 15) is 5.11 Å². The highest BCUT2D eigenvalue weighted by Gasteiger charge is 2.34. The van der Waals surface area contributed by atoms with E-state index >= 15 is 0 Å². The van der Waals surface area contributed by atoms with Gasteiger partial charge in [-0.1, -0.05) is 6.07 Å². The monoisotopic (exact) mass is 370 g/mol. The Bertz CT molecular complexity index is 917. The average Bonchev–Trinajstić information content (AvgIpc) is 3.22. The molecule has 2 bridgehead atoms. The maximum atomic E-state index is 10.2. The van der Waals surface area contributed by atoms with Crippen LogP contribution < -0.4 is 10.2 Å². The topological polar surface area (TPSA) is 74.4 Å². The van der Waals surface area contributed by atoms with Gasteiger partial charge in [0.1, 0.15) is 10.5 Å². The van der Waals surface area contributed by atoms with Gasteiger partial charge < -0.3 is 19.7 Å². The highest BCUT2D eigenvalue weighted by atomic mass is 32.1. The maximum Gasteiger partial charge on any atom is 0.298 e. The number of nitrogens with zero attached hydrogens (tertiary/aromatic N) is 3. The van der Waals surface area contributed by atoms with E-state index in [0.717, 1.165) is 46.7 Å². The number of hydrogen-bond donors (Lipinski definition) is 2. The van der Waals surface area contributed by atoms with Gasteiger partial charge in [-0.05, 0) is 32.3 Å². The molecule has 0 aliphatic carbocycles. The molecule has 3 atom stereocenters. The summed E-state index contributed by atoms with van der Waals surface area (Å²) in [5, 5.41) is 16.7. The highest BCUT2D eigenvalue weighted by Crippen LogP contribution is 2.38. The van der Waals surface area contributed by atoms with Crippen LogP contribution in [0.1, 0.15) is 37.9 Å². The lowest BCUT2D eigenvalue weighted by molar-refractivity contribution is 0.200. The lowest BCUT2D eigenvalue weighted by Crippen LogP contribution is -2.54. The normalized spacial score (nSPS) is 24.2. The first-order valence-electron chi connectivity index (χ1n) is 9.22. The van der Waals surface area contributed by atoms with Gasteiger partial charge in [0.15, 0.2) is 5.58 Å². The Balaban J connectivity index is 1.66. The largest absolute Gasteiger partial charge is 0.423 e. The minimum Gasteiger partial charge on any atom is -0.423 e. The van der Waals surface area contributed by atoms with Gasteiger partial charge in [0.25, 0.3) is 6.01 Å². The van der Waals surface area contributed by atoms with Crippen molar-refractivity contribution in [2.24, 2.45) is 0 Å². The molecule has 0 radical (unpaired) electrons. The molecule has 2 N–H and O–H groups in total. The van der Waals surface area contributed by atoms with Crippen LogP contribution in [0, 0.1) is 0 Å². The number of piperazine rings is 1. The molecular formula is C19H22N4O2S. The van der Waals surface area contributed by atoms with Gasteiger partial charge >= 0.3 is 0 Å². The van der Waals surface area contributed by atoms with Crippen molar-refractivity contribution in [3.05, 3.63) is 29.3 Å². The van der Waals surface area contributed by atoms with Gasteiger partial charge in [-0.15, -0.1) is 11.3 Å². The molecule has 1 aromatic carbocycles. The molecule has 2 aromatic heterocycles. The van der Waals surface area contributed by atoms with E-state index in [1.54, 1.807) is 24.5 Å². The zero-order chi connectivity index (χ0) is 17.7. The van der Waals surface area contributed by atoms with E-state index in [1.165, 1.54) is 12.8 Å². The standard InChI is InChI=1S/C19H22N4O2S/c1-11(24)14-5-6-15(18-20-7-8-26-18)17-16(14)22-19(25-17)23-10-12-3-2-4-13(23)9-21-12/h5-8,11-13,21,24H,2-4,9-10H2,1H3. The van der Waals surface area contributed by atoms with Crippen LogP contribution in [0.2, 0.25) is 0 Å². The Hall–Kier alpha value is -1.96. The molecule has 3 saturated heterocycles. The second-order valence-electron chi connectivity index (χ2n) is 7.23. The molecule has 7 heteroatoms. The number of oxazole rings is 1. The summed E-state index contributed by atoms with van der Waals surface area (Å²) >= 11 is 1.58. The lowest BCUT2D eigenvalue weighted by Gasteiger charge is -2.36. The summed E-state index contributed by atoms with van der Waals surface area (Å²) in [6.45, 7) is 3.67. The number of rotatable bonds is 3. The number of fused-ring (bicyclic) bond motifs is 5. The van der Waals surface area contributed by atoms with Crippen LogP contribution in [0.4, 0.5) is 6.01 Å². The second-order valence-corrected chi connectivity index (χ2v) is 8.13. The van der Waals surface area contributed by atoms with Gasteiger partial charge in [-0.25, -0.2) is 4.98 Å². The molecule has 0 amide bonds. The van der Waals surface area contributed by atoms with Gasteiger partial charge in [0.2, 0.25) is 0 Å². The number of benzene rings is 1. The minimum atomic E-state index is -0.594. The zero-order valence-electron chi connectivity index (χ0n) is 14.7. The number of nitrogens with one attached hydrogen (secondary N) is 1. The van der Waals surface area contributed by atoms with E-state index in [0.29, 0.717) is 18.1 Å². The molecule has 0 saturated carbocycles. The van der Waals surface area contributed by atoms with Gasteiger partial charge in [-0.2, -0.15) is 4.98 Å². The van der Waals surface area contributed by atoms with Crippen molar-refractivity contribution >= 4 is 28.5 Å². The Morgan fingerprint density at radius 3 is 3.12 bits per heavy atom. The first-order valence-corrected chi connectivity index (χ1v) is 10.1. The molecule has 136 valence electrons. The molecule has 3 fully saturated rings. The fourth-order valence-electron chi connectivity index (χ4n) is 4.15. The minimum absolute atomic E-state index is 0.417. The Kier molecular flexibility index (Phi) is 3.95. The van der Waals surface area contributed by atoms with Crippen LogP contribution in [-0.4, -0.2) is 40.2 Å². The van der Waals surface area contributed by atoms with Crippen LogP contribution >= 0.6 is 11.3 Å². The summed E-state index contributed by atoms with van der Waals surface area (Å²) in [5.41, 5.74) is 3.21. The van der Waals surface area contributed by atoms with E-state index in [1.807, 2.05) is 17.5 Å². The van der Waals surface area contributed by atoms with Crippen molar-refractivity contribution in [1.82, 2.24) is 15.3 Å². The van der Waals surface area contributed by atoms with E-state index in [4.69, 9.17) is 9.40 Å². The number of hydrogen-bond acceptors (Lipinski definition) is 7. The van der Waals surface area contributed by atoms with E-state index in [2.05, 4.69) is 15.2 Å². The summed E-state index contributed by atoms with van der Waals surface area (Å²) < 4.78 is 6.30. The molecule has 6 nitrogen and oxygen atoms in total. The lowest BCUT2D eigenvalue weighted by atomic mass is 10.1. The summed E-state index contributed by atoms with van der Waals surface area (Å²) in [4.78, 5) is 11.6. The van der Waals surface area contributed by atoms with Crippen molar-refractivity contribution < 1.29 is 9.52 Å². The number of aromatic nitrogens is 2. The van der Waals surface area contributed by atoms with Crippen molar-refractivity contribution in [3.8, 4) is 10.6 Å². The first kappa shape index (κ1) is 16.2. The fraction of sp³-hybridized carbons (Fsp3) is 0.474. The molecule has 0 spiro atoms. The average molecular weight is 370 g/mol. The van der Waals surface area contributed by atoms with Crippen molar-refractivity contribution in [2.75, 3.05) is 18.0 Å². The summed E-state index contributed by atoms with van der Waals surface area (Å²) in [5.74, 6) is 0. The third-order valence-corrected chi connectivity index (χ3v) is 6.32. The maximum absolute atomic E-state index is 10.2. The van der Waals surface area contributed by atoms with Crippen molar-refractivity contribution in [3.63, 3.8) is 0 Å². The Morgan fingerprint density at radius 2 is 2.31 bits per heavy atom. The van der Waals surface area contributed by atoms with Crippen LogP contribution in [0.3, 0.4) is 0 Å². The van der Waals surface area contributed by atoms with Crippen LogP contribution in [0.15, 0.2) is 28.1 Å². The molecule has 3 unspecified atom stereocenters. The van der Waals surface area contributed by atoms with Gasteiger partial charge in [0, 0.05) is 42.3 Å². The molecule has 3 aromatic rings. The number of anilines is 1. The summed E-state index contributed by atoms with van der Waals surface area (Å²) in [6, 6.07) is 5.50. The number of aliphatic hydroxyl groups excluding tert-OH is 1. The Labute approximate surface area is 155 Å².